The first-order chi connectivity index (χ1) is 9.36. The zero-order valence-corrected chi connectivity index (χ0v) is 11.8. The van der Waals surface area contributed by atoms with Crippen molar-refractivity contribution in [2.75, 3.05) is 32.1 Å². The first-order valence-corrected chi connectivity index (χ1v) is 6.77. The van der Waals surface area contributed by atoms with Crippen LogP contribution in [0.2, 0.25) is 0 Å². The predicted molar refractivity (Wildman–Crippen MR) is 72.6 cm³/mol. The molecule has 1 fully saturated rings. The highest BCUT2D eigenvalue weighted by Crippen LogP contribution is 2.33. The summed E-state index contributed by atoms with van der Waals surface area (Å²) in [5.41, 5.74) is 0.957. The number of hydrogen-bond acceptors (Lipinski definition) is 3. The average Bonchev–Trinajstić information content (AvgIpc) is 2.38. The molecule has 0 radical (unpaired) electrons. The summed E-state index contributed by atoms with van der Waals surface area (Å²) in [7, 11) is 3.81. The van der Waals surface area contributed by atoms with Crippen molar-refractivity contribution in [1.82, 2.24) is 9.88 Å². The summed E-state index contributed by atoms with van der Waals surface area (Å²) in [4.78, 5) is 8.05. The van der Waals surface area contributed by atoms with Crippen molar-refractivity contribution in [2.24, 2.45) is 5.92 Å². The van der Waals surface area contributed by atoms with E-state index in [9.17, 15) is 13.2 Å². The number of anilines is 1. The fraction of sp³-hybridized carbons (Fsp3) is 0.643. The molecule has 0 spiro atoms. The monoisotopic (exact) mass is 287 g/mol. The van der Waals surface area contributed by atoms with E-state index in [1.165, 1.54) is 0 Å². The minimum atomic E-state index is -4.08. The zero-order chi connectivity index (χ0) is 14.8. The van der Waals surface area contributed by atoms with Crippen LogP contribution in [-0.2, 0) is 6.54 Å². The van der Waals surface area contributed by atoms with Crippen molar-refractivity contribution in [3.63, 3.8) is 0 Å². The molecule has 0 aromatic carbocycles. The van der Waals surface area contributed by atoms with Gasteiger partial charge in [0.2, 0.25) is 0 Å². The van der Waals surface area contributed by atoms with Crippen LogP contribution < -0.4 is 4.90 Å². The van der Waals surface area contributed by atoms with Crippen molar-refractivity contribution < 1.29 is 13.2 Å². The SMILES string of the molecule is CN(C)c1ccc(CN2CCC[C@H](C(F)(F)F)C2)cn1. The van der Waals surface area contributed by atoms with Gasteiger partial charge in [0.1, 0.15) is 5.82 Å². The summed E-state index contributed by atoms with van der Waals surface area (Å²) in [6, 6.07) is 3.82. The maximum Gasteiger partial charge on any atom is 0.393 e. The first-order valence-electron chi connectivity index (χ1n) is 6.77. The zero-order valence-electron chi connectivity index (χ0n) is 11.8. The van der Waals surface area contributed by atoms with Crippen molar-refractivity contribution in [1.29, 1.82) is 0 Å². The number of likely N-dealkylation sites (tertiary alicyclic amines) is 1. The third kappa shape index (κ3) is 3.85. The normalized spacial score (nSPS) is 20.9. The second kappa shape index (κ2) is 5.99. The van der Waals surface area contributed by atoms with E-state index in [-0.39, 0.29) is 13.0 Å². The summed E-state index contributed by atoms with van der Waals surface area (Å²) in [5, 5.41) is 0. The van der Waals surface area contributed by atoms with Gasteiger partial charge in [-0.15, -0.1) is 0 Å². The van der Waals surface area contributed by atoms with Crippen LogP contribution in [0, 0.1) is 5.92 Å². The van der Waals surface area contributed by atoms with E-state index in [1.54, 1.807) is 6.20 Å². The van der Waals surface area contributed by atoms with Gasteiger partial charge in [0.05, 0.1) is 5.92 Å². The predicted octanol–water partition coefficient (Wildman–Crippen LogP) is 2.92. The summed E-state index contributed by atoms with van der Waals surface area (Å²) in [6.07, 6.45) is -1.48. The first kappa shape index (κ1) is 15.1. The molecule has 0 unspecified atom stereocenters. The molecule has 1 aliphatic heterocycles. The maximum atomic E-state index is 12.8. The molecular formula is C14H20F3N3. The highest BCUT2D eigenvalue weighted by atomic mass is 19.4. The lowest BCUT2D eigenvalue weighted by Gasteiger charge is -2.33. The van der Waals surface area contributed by atoms with Crippen molar-refractivity contribution in [3.8, 4) is 0 Å². The van der Waals surface area contributed by atoms with Gasteiger partial charge in [0, 0.05) is 33.4 Å². The standard InChI is InChI=1S/C14H20F3N3/c1-19(2)13-6-5-11(8-18-13)9-20-7-3-4-12(10-20)14(15,16)17/h5-6,8,12H,3-4,7,9-10H2,1-2H3/t12-/m0/s1. The molecule has 6 heteroatoms. The number of pyridine rings is 1. The molecule has 1 aromatic heterocycles. The van der Waals surface area contributed by atoms with Gasteiger partial charge in [-0.2, -0.15) is 13.2 Å². The van der Waals surface area contributed by atoms with E-state index in [2.05, 4.69) is 4.98 Å². The minimum absolute atomic E-state index is 0.0962. The molecule has 3 nitrogen and oxygen atoms in total. The molecule has 20 heavy (non-hydrogen) atoms. The third-order valence-corrected chi connectivity index (χ3v) is 3.64. The van der Waals surface area contributed by atoms with Crippen molar-refractivity contribution >= 4 is 5.82 Å². The van der Waals surface area contributed by atoms with Gasteiger partial charge in [0.15, 0.2) is 0 Å². The molecule has 1 aliphatic rings. The van der Waals surface area contributed by atoms with Crippen LogP contribution in [0.15, 0.2) is 18.3 Å². The van der Waals surface area contributed by atoms with E-state index in [4.69, 9.17) is 0 Å². The molecule has 0 saturated carbocycles. The molecule has 1 aromatic rings. The lowest BCUT2D eigenvalue weighted by molar-refractivity contribution is -0.187. The van der Waals surface area contributed by atoms with Gasteiger partial charge in [0.25, 0.3) is 0 Å². The van der Waals surface area contributed by atoms with E-state index in [0.29, 0.717) is 13.0 Å². The summed E-state index contributed by atoms with van der Waals surface area (Å²) >= 11 is 0. The molecule has 0 bridgehead atoms. The Bertz CT molecular complexity index is 428. The van der Waals surface area contributed by atoms with Crippen LogP contribution >= 0.6 is 0 Å². The van der Waals surface area contributed by atoms with Gasteiger partial charge < -0.3 is 4.90 Å². The third-order valence-electron chi connectivity index (χ3n) is 3.64. The smallest absolute Gasteiger partial charge is 0.363 e. The van der Waals surface area contributed by atoms with E-state index >= 15 is 0 Å². The number of rotatable bonds is 3. The molecule has 112 valence electrons. The van der Waals surface area contributed by atoms with Crippen LogP contribution in [0.25, 0.3) is 0 Å². The maximum absolute atomic E-state index is 12.8. The number of piperidine rings is 1. The number of halogens is 3. The second-order valence-corrected chi connectivity index (χ2v) is 5.53. The van der Waals surface area contributed by atoms with Crippen molar-refractivity contribution in [3.05, 3.63) is 23.9 Å². The summed E-state index contributed by atoms with van der Waals surface area (Å²) < 4.78 is 38.3. The van der Waals surface area contributed by atoms with Crippen LogP contribution in [0.3, 0.4) is 0 Å². The molecule has 1 saturated heterocycles. The quantitative estimate of drug-likeness (QED) is 0.852. The van der Waals surface area contributed by atoms with Gasteiger partial charge in [-0.1, -0.05) is 6.07 Å². The number of alkyl halides is 3. The highest BCUT2D eigenvalue weighted by Gasteiger charge is 2.41. The molecule has 1 atom stereocenters. The van der Waals surface area contributed by atoms with Gasteiger partial charge in [-0.25, -0.2) is 4.98 Å². The Morgan fingerprint density at radius 2 is 2.10 bits per heavy atom. The lowest BCUT2D eigenvalue weighted by Crippen LogP contribution is -2.41. The number of nitrogens with zero attached hydrogens (tertiary/aromatic N) is 3. The largest absolute Gasteiger partial charge is 0.393 e. The minimum Gasteiger partial charge on any atom is -0.363 e. The van der Waals surface area contributed by atoms with Crippen LogP contribution in [0.5, 0.6) is 0 Å². The van der Waals surface area contributed by atoms with Crippen LogP contribution in [-0.4, -0.2) is 43.2 Å². The fourth-order valence-corrected chi connectivity index (χ4v) is 2.50. The Balaban J connectivity index is 1.96. The van der Waals surface area contributed by atoms with E-state index in [0.717, 1.165) is 17.9 Å². The summed E-state index contributed by atoms with van der Waals surface area (Å²) in [6.45, 7) is 1.36. The number of aromatic nitrogens is 1. The Labute approximate surface area is 117 Å². The molecular weight excluding hydrogens is 267 g/mol. The van der Waals surface area contributed by atoms with Crippen LogP contribution in [0.1, 0.15) is 18.4 Å². The Kier molecular flexibility index (Phi) is 4.52. The average molecular weight is 287 g/mol. The van der Waals surface area contributed by atoms with E-state index < -0.39 is 12.1 Å². The topological polar surface area (TPSA) is 19.4 Å². The fourth-order valence-electron chi connectivity index (χ4n) is 2.50. The Hall–Kier alpha value is -1.30. The van der Waals surface area contributed by atoms with Gasteiger partial charge in [-0.05, 0) is 31.0 Å². The van der Waals surface area contributed by atoms with Crippen molar-refractivity contribution in [2.45, 2.75) is 25.6 Å². The second-order valence-electron chi connectivity index (χ2n) is 5.53. The van der Waals surface area contributed by atoms with Gasteiger partial charge >= 0.3 is 6.18 Å². The lowest BCUT2D eigenvalue weighted by atomic mass is 9.97. The molecule has 0 aliphatic carbocycles. The highest BCUT2D eigenvalue weighted by molar-refractivity contribution is 5.37. The van der Waals surface area contributed by atoms with E-state index in [1.807, 2.05) is 36.0 Å². The molecule has 2 heterocycles. The molecule has 0 N–H and O–H groups in total. The molecule has 2 rings (SSSR count). The number of hydrogen-bond donors (Lipinski definition) is 0. The van der Waals surface area contributed by atoms with Crippen LogP contribution in [0.4, 0.5) is 19.0 Å². The Morgan fingerprint density at radius 1 is 1.35 bits per heavy atom. The Morgan fingerprint density at radius 3 is 2.65 bits per heavy atom. The molecule has 0 amide bonds. The van der Waals surface area contributed by atoms with Gasteiger partial charge in [-0.3, -0.25) is 4.90 Å². The summed E-state index contributed by atoms with van der Waals surface area (Å²) in [5.74, 6) is -0.342.